The van der Waals surface area contributed by atoms with E-state index in [1.54, 1.807) is 61.7 Å². The summed E-state index contributed by atoms with van der Waals surface area (Å²) in [6.45, 7) is 0. The van der Waals surface area contributed by atoms with Gasteiger partial charge in [0.25, 0.3) is 5.91 Å². The maximum Gasteiger partial charge on any atom is 0.254 e. The summed E-state index contributed by atoms with van der Waals surface area (Å²) in [5.41, 5.74) is 6.60. The van der Waals surface area contributed by atoms with Gasteiger partial charge in [0.05, 0.1) is 7.11 Å². The van der Waals surface area contributed by atoms with E-state index < -0.39 is 24.0 Å². The SMILES string of the molecule is COc1cccc(C[C@H](NC(=O)[C@@H](O)c2ccccc2)C(N)=O)c1. The van der Waals surface area contributed by atoms with E-state index in [1.807, 2.05) is 0 Å². The van der Waals surface area contributed by atoms with Crippen molar-refractivity contribution >= 4 is 11.8 Å². The highest BCUT2D eigenvalue weighted by atomic mass is 16.5. The summed E-state index contributed by atoms with van der Waals surface area (Å²) in [6, 6.07) is 14.7. The Morgan fingerprint density at radius 1 is 1.17 bits per heavy atom. The molecule has 0 heterocycles. The molecule has 2 aromatic carbocycles. The zero-order chi connectivity index (χ0) is 17.5. The Labute approximate surface area is 140 Å². The molecular formula is C18H20N2O4. The first-order valence-electron chi connectivity index (χ1n) is 7.47. The number of rotatable bonds is 7. The van der Waals surface area contributed by atoms with E-state index in [1.165, 1.54) is 0 Å². The summed E-state index contributed by atoms with van der Waals surface area (Å²) in [5, 5.41) is 12.6. The zero-order valence-corrected chi connectivity index (χ0v) is 13.3. The number of hydrogen-bond donors (Lipinski definition) is 3. The van der Waals surface area contributed by atoms with Crippen molar-refractivity contribution in [2.45, 2.75) is 18.6 Å². The van der Waals surface area contributed by atoms with Crippen LogP contribution < -0.4 is 15.8 Å². The van der Waals surface area contributed by atoms with Crippen LogP contribution in [0.4, 0.5) is 0 Å². The third-order valence-corrected chi connectivity index (χ3v) is 3.60. The molecule has 2 aromatic rings. The van der Waals surface area contributed by atoms with Gasteiger partial charge in [0.15, 0.2) is 6.10 Å². The molecule has 4 N–H and O–H groups in total. The Morgan fingerprint density at radius 2 is 1.88 bits per heavy atom. The van der Waals surface area contributed by atoms with Crippen molar-refractivity contribution in [3.05, 3.63) is 65.7 Å². The molecule has 0 bridgehead atoms. The second-order valence-corrected chi connectivity index (χ2v) is 5.33. The summed E-state index contributed by atoms with van der Waals surface area (Å²) >= 11 is 0. The maximum absolute atomic E-state index is 12.2. The third kappa shape index (κ3) is 4.57. The molecule has 6 heteroatoms. The molecule has 0 spiro atoms. The van der Waals surface area contributed by atoms with E-state index in [0.717, 1.165) is 5.56 Å². The maximum atomic E-state index is 12.2. The molecular weight excluding hydrogens is 308 g/mol. The monoisotopic (exact) mass is 328 g/mol. The molecule has 24 heavy (non-hydrogen) atoms. The average Bonchev–Trinajstić information content (AvgIpc) is 2.61. The number of nitrogens with two attached hydrogens (primary N) is 1. The first-order chi connectivity index (χ1) is 11.5. The zero-order valence-electron chi connectivity index (χ0n) is 13.3. The molecule has 0 saturated carbocycles. The Hall–Kier alpha value is -2.86. The van der Waals surface area contributed by atoms with E-state index in [9.17, 15) is 14.7 Å². The Bertz CT molecular complexity index is 703. The number of carbonyl (C=O) groups excluding carboxylic acids is 2. The van der Waals surface area contributed by atoms with Gasteiger partial charge in [0, 0.05) is 6.42 Å². The molecule has 0 aliphatic carbocycles. The van der Waals surface area contributed by atoms with Crippen LogP contribution in [-0.2, 0) is 16.0 Å². The molecule has 0 unspecified atom stereocenters. The van der Waals surface area contributed by atoms with Crippen molar-refractivity contribution in [1.29, 1.82) is 0 Å². The fourth-order valence-electron chi connectivity index (χ4n) is 2.30. The van der Waals surface area contributed by atoms with Gasteiger partial charge in [-0.05, 0) is 23.3 Å². The number of benzene rings is 2. The van der Waals surface area contributed by atoms with Crippen molar-refractivity contribution < 1.29 is 19.4 Å². The van der Waals surface area contributed by atoms with Crippen LogP contribution in [0.3, 0.4) is 0 Å². The molecule has 0 aromatic heterocycles. The lowest BCUT2D eigenvalue weighted by Crippen LogP contribution is -2.47. The molecule has 2 atom stereocenters. The lowest BCUT2D eigenvalue weighted by atomic mass is 10.0. The fraction of sp³-hybridized carbons (Fsp3) is 0.222. The molecule has 0 saturated heterocycles. The van der Waals surface area contributed by atoms with Crippen LogP contribution in [0.15, 0.2) is 54.6 Å². The van der Waals surface area contributed by atoms with Crippen molar-refractivity contribution in [3.8, 4) is 5.75 Å². The van der Waals surface area contributed by atoms with E-state index >= 15 is 0 Å². The number of methoxy groups -OCH3 is 1. The largest absolute Gasteiger partial charge is 0.497 e. The second kappa shape index (κ2) is 8.12. The topological polar surface area (TPSA) is 102 Å². The quantitative estimate of drug-likeness (QED) is 0.704. The van der Waals surface area contributed by atoms with E-state index in [2.05, 4.69) is 5.32 Å². The van der Waals surface area contributed by atoms with Crippen LogP contribution in [-0.4, -0.2) is 30.1 Å². The first-order valence-corrected chi connectivity index (χ1v) is 7.47. The van der Waals surface area contributed by atoms with Crippen LogP contribution in [0.25, 0.3) is 0 Å². The number of primary amides is 1. The molecule has 0 radical (unpaired) electrons. The minimum atomic E-state index is -1.36. The van der Waals surface area contributed by atoms with Gasteiger partial charge in [-0.15, -0.1) is 0 Å². The lowest BCUT2D eigenvalue weighted by molar-refractivity contribution is -0.133. The molecule has 0 aliphatic heterocycles. The van der Waals surface area contributed by atoms with Crippen LogP contribution in [0.2, 0.25) is 0 Å². The minimum Gasteiger partial charge on any atom is -0.497 e. The highest BCUT2D eigenvalue weighted by molar-refractivity contribution is 5.89. The number of aliphatic hydroxyl groups excluding tert-OH is 1. The van der Waals surface area contributed by atoms with Gasteiger partial charge in [-0.1, -0.05) is 42.5 Å². The standard InChI is InChI=1S/C18H20N2O4/c1-24-14-9-5-6-12(10-14)11-15(17(19)22)20-18(23)16(21)13-7-3-2-4-8-13/h2-10,15-16,21H,11H2,1H3,(H2,19,22)(H,20,23)/t15-,16-/m0/s1. The molecule has 0 aliphatic rings. The predicted octanol–water partition coefficient (Wildman–Crippen LogP) is 0.941. The summed E-state index contributed by atoms with van der Waals surface area (Å²) in [5.74, 6) is -0.703. The third-order valence-electron chi connectivity index (χ3n) is 3.60. The highest BCUT2D eigenvalue weighted by Crippen LogP contribution is 2.15. The van der Waals surface area contributed by atoms with Gasteiger partial charge in [0.1, 0.15) is 11.8 Å². The molecule has 2 rings (SSSR count). The number of aliphatic hydroxyl groups is 1. The average molecular weight is 328 g/mol. The fourth-order valence-corrected chi connectivity index (χ4v) is 2.30. The smallest absolute Gasteiger partial charge is 0.254 e. The van der Waals surface area contributed by atoms with E-state index in [4.69, 9.17) is 10.5 Å². The number of ether oxygens (including phenoxy) is 1. The number of nitrogens with one attached hydrogen (secondary N) is 1. The van der Waals surface area contributed by atoms with Gasteiger partial charge in [0.2, 0.25) is 5.91 Å². The van der Waals surface area contributed by atoms with Gasteiger partial charge in [-0.2, -0.15) is 0 Å². The Balaban J connectivity index is 2.08. The lowest BCUT2D eigenvalue weighted by Gasteiger charge is -2.18. The Morgan fingerprint density at radius 3 is 2.50 bits per heavy atom. The van der Waals surface area contributed by atoms with Crippen molar-refractivity contribution in [1.82, 2.24) is 5.32 Å². The van der Waals surface area contributed by atoms with Crippen LogP contribution >= 0.6 is 0 Å². The molecule has 0 fully saturated rings. The highest BCUT2D eigenvalue weighted by Gasteiger charge is 2.24. The van der Waals surface area contributed by atoms with Crippen LogP contribution in [0, 0.1) is 0 Å². The Kier molecular flexibility index (Phi) is 5.92. The normalized spacial score (nSPS) is 12.9. The molecule has 6 nitrogen and oxygen atoms in total. The summed E-state index contributed by atoms with van der Waals surface area (Å²) < 4.78 is 5.13. The number of hydrogen-bond acceptors (Lipinski definition) is 4. The summed E-state index contributed by atoms with van der Waals surface area (Å²) in [7, 11) is 1.54. The van der Waals surface area contributed by atoms with Gasteiger partial charge < -0.3 is 20.9 Å². The predicted molar refractivity (Wildman–Crippen MR) is 89.2 cm³/mol. The van der Waals surface area contributed by atoms with Gasteiger partial charge >= 0.3 is 0 Å². The van der Waals surface area contributed by atoms with E-state index in [0.29, 0.717) is 11.3 Å². The summed E-state index contributed by atoms with van der Waals surface area (Å²) in [4.78, 5) is 23.8. The van der Waals surface area contributed by atoms with Gasteiger partial charge in [-0.25, -0.2) is 0 Å². The second-order valence-electron chi connectivity index (χ2n) is 5.33. The van der Waals surface area contributed by atoms with Crippen molar-refractivity contribution in [3.63, 3.8) is 0 Å². The van der Waals surface area contributed by atoms with Gasteiger partial charge in [-0.3, -0.25) is 9.59 Å². The van der Waals surface area contributed by atoms with Crippen molar-refractivity contribution in [2.75, 3.05) is 7.11 Å². The van der Waals surface area contributed by atoms with E-state index in [-0.39, 0.29) is 6.42 Å². The molecule has 2 amide bonds. The molecule has 126 valence electrons. The van der Waals surface area contributed by atoms with Crippen LogP contribution in [0.1, 0.15) is 17.2 Å². The number of amides is 2. The van der Waals surface area contributed by atoms with Crippen LogP contribution in [0.5, 0.6) is 5.75 Å². The van der Waals surface area contributed by atoms with Crippen molar-refractivity contribution in [2.24, 2.45) is 5.73 Å². The minimum absolute atomic E-state index is 0.208. The number of carbonyl (C=O) groups is 2. The first kappa shape index (κ1) is 17.5. The summed E-state index contributed by atoms with van der Waals surface area (Å²) in [6.07, 6.45) is -1.15.